The summed E-state index contributed by atoms with van der Waals surface area (Å²) in [7, 11) is 0. The van der Waals surface area contributed by atoms with Gasteiger partial charge in [0.15, 0.2) is 6.61 Å². The van der Waals surface area contributed by atoms with Gasteiger partial charge < -0.3 is 19.8 Å². The zero-order chi connectivity index (χ0) is 24.9. The number of anilines is 1. The van der Waals surface area contributed by atoms with Gasteiger partial charge in [0.2, 0.25) is 5.58 Å². The highest BCUT2D eigenvalue weighted by Gasteiger charge is 2.17. The Hall–Kier alpha value is -4.47. The van der Waals surface area contributed by atoms with E-state index in [2.05, 4.69) is 15.6 Å². The van der Waals surface area contributed by atoms with Crippen molar-refractivity contribution in [1.29, 1.82) is 0 Å². The summed E-state index contributed by atoms with van der Waals surface area (Å²) in [6, 6.07) is 13.6. The van der Waals surface area contributed by atoms with Crippen LogP contribution in [0.2, 0.25) is 0 Å². The van der Waals surface area contributed by atoms with Crippen LogP contribution in [0.4, 0.5) is 5.69 Å². The van der Waals surface area contributed by atoms with Crippen molar-refractivity contribution in [2.45, 2.75) is 20.4 Å². The van der Waals surface area contributed by atoms with Crippen LogP contribution in [0.1, 0.15) is 24.2 Å². The number of aromatic nitrogens is 2. The summed E-state index contributed by atoms with van der Waals surface area (Å²) in [6.45, 7) is 3.41. The molecule has 0 aliphatic carbocycles. The molecule has 0 unspecified atom stereocenters. The van der Waals surface area contributed by atoms with Gasteiger partial charge >= 0.3 is 5.97 Å². The fourth-order valence-corrected chi connectivity index (χ4v) is 3.43. The maximum absolute atomic E-state index is 12.7. The minimum absolute atomic E-state index is 0.0339. The molecular weight excluding hydrogens is 452 g/mol. The van der Waals surface area contributed by atoms with Gasteiger partial charge in [0.05, 0.1) is 17.6 Å². The molecule has 0 aliphatic heterocycles. The van der Waals surface area contributed by atoms with E-state index in [1.165, 1.54) is 6.33 Å². The van der Waals surface area contributed by atoms with Crippen molar-refractivity contribution in [2.24, 2.45) is 5.92 Å². The molecule has 0 saturated heterocycles. The van der Waals surface area contributed by atoms with Crippen molar-refractivity contribution in [2.75, 3.05) is 18.5 Å². The lowest BCUT2D eigenvalue weighted by Crippen LogP contribution is -2.30. The van der Waals surface area contributed by atoms with Crippen LogP contribution in [0.25, 0.3) is 22.1 Å². The van der Waals surface area contributed by atoms with E-state index < -0.39 is 30.6 Å². The molecule has 2 aromatic heterocycles. The summed E-state index contributed by atoms with van der Waals surface area (Å²) in [5.74, 6) is -1.47. The SMILES string of the molecule is CC(C)CNC(=O)c1ccccc1NC(=O)COC(=O)Cn1cnc2c(oc3ccccc32)c1=O. The quantitative estimate of drug-likeness (QED) is 0.374. The zero-order valence-corrected chi connectivity index (χ0v) is 19.2. The van der Waals surface area contributed by atoms with Crippen molar-refractivity contribution < 1.29 is 23.5 Å². The molecule has 2 heterocycles. The third-order valence-corrected chi connectivity index (χ3v) is 5.13. The number of esters is 1. The van der Waals surface area contributed by atoms with E-state index in [9.17, 15) is 19.2 Å². The first-order valence-corrected chi connectivity index (χ1v) is 11.0. The third-order valence-electron chi connectivity index (χ3n) is 5.13. The summed E-state index contributed by atoms with van der Waals surface area (Å²) in [6.07, 6.45) is 1.24. The minimum Gasteiger partial charge on any atom is -0.454 e. The van der Waals surface area contributed by atoms with Crippen LogP contribution in [-0.4, -0.2) is 40.5 Å². The number of rotatable bonds is 8. The molecule has 2 aromatic carbocycles. The van der Waals surface area contributed by atoms with Gasteiger partial charge in [-0.25, -0.2) is 4.98 Å². The Morgan fingerprint density at radius 3 is 2.63 bits per heavy atom. The molecule has 2 N–H and O–H groups in total. The monoisotopic (exact) mass is 476 g/mol. The summed E-state index contributed by atoms with van der Waals surface area (Å²) in [5.41, 5.74) is 1.02. The van der Waals surface area contributed by atoms with E-state index in [1.54, 1.807) is 42.5 Å². The van der Waals surface area contributed by atoms with Crippen molar-refractivity contribution in [3.05, 3.63) is 70.8 Å². The number of hydrogen-bond acceptors (Lipinski definition) is 7. The van der Waals surface area contributed by atoms with E-state index in [0.717, 1.165) is 4.57 Å². The number of carbonyl (C=O) groups is 3. The number of amides is 2. The maximum Gasteiger partial charge on any atom is 0.326 e. The Bertz CT molecular complexity index is 1470. The third kappa shape index (κ3) is 5.37. The van der Waals surface area contributed by atoms with Crippen LogP contribution in [0.3, 0.4) is 0 Å². The Morgan fingerprint density at radius 2 is 1.83 bits per heavy atom. The smallest absolute Gasteiger partial charge is 0.326 e. The van der Waals surface area contributed by atoms with Gasteiger partial charge in [-0.05, 0) is 30.2 Å². The van der Waals surface area contributed by atoms with E-state index >= 15 is 0 Å². The standard InChI is InChI=1S/C25H24N4O6/c1-15(2)11-26-24(32)16-7-3-5-9-18(16)28-20(30)13-34-21(31)12-29-14-27-22-17-8-4-6-10-19(17)35-23(22)25(29)33/h3-10,14-15H,11-13H2,1-2H3,(H,26,32)(H,28,30). The average molecular weight is 476 g/mol. The van der Waals surface area contributed by atoms with Crippen LogP contribution in [0.15, 0.2) is 64.1 Å². The molecule has 0 aliphatic rings. The van der Waals surface area contributed by atoms with Gasteiger partial charge in [0.25, 0.3) is 17.4 Å². The second-order valence-electron chi connectivity index (χ2n) is 8.31. The van der Waals surface area contributed by atoms with Gasteiger partial charge in [-0.2, -0.15) is 0 Å². The maximum atomic E-state index is 12.7. The van der Waals surface area contributed by atoms with Crippen LogP contribution in [0, 0.1) is 5.92 Å². The fraction of sp³-hybridized carbons (Fsp3) is 0.240. The van der Waals surface area contributed by atoms with E-state index in [1.807, 2.05) is 19.9 Å². The molecule has 0 spiro atoms. The Morgan fingerprint density at radius 1 is 1.09 bits per heavy atom. The van der Waals surface area contributed by atoms with Crippen molar-refractivity contribution in [3.8, 4) is 0 Å². The Balaban J connectivity index is 1.37. The Kier molecular flexibility index (Phi) is 6.91. The minimum atomic E-state index is -0.803. The van der Waals surface area contributed by atoms with Gasteiger partial charge in [-0.3, -0.25) is 23.7 Å². The predicted octanol–water partition coefficient (Wildman–Crippen LogP) is 2.71. The highest BCUT2D eigenvalue weighted by atomic mass is 16.5. The number of hydrogen-bond donors (Lipinski definition) is 2. The van der Waals surface area contributed by atoms with E-state index in [0.29, 0.717) is 34.3 Å². The molecule has 10 heteroatoms. The first kappa shape index (κ1) is 23.7. The summed E-state index contributed by atoms with van der Waals surface area (Å²) in [4.78, 5) is 54.0. The van der Waals surface area contributed by atoms with Crippen LogP contribution < -0.4 is 16.2 Å². The van der Waals surface area contributed by atoms with Crippen molar-refractivity contribution in [1.82, 2.24) is 14.9 Å². The molecule has 180 valence electrons. The Labute approximate surface area is 199 Å². The summed E-state index contributed by atoms with van der Waals surface area (Å²) < 4.78 is 11.7. The molecule has 0 bridgehead atoms. The highest BCUT2D eigenvalue weighted by Crippen LogP contribution is 2.24. The largest absolute Gasteiger partial charge is 0.454 e. The fourth-order valence-electron chi connectivity index (χ4n) is 3.43. The van der Waals surface area contributed by atoms with Crippen molar-refractivity contribution >= 4 is 45.5 Å². The molecule has 0 fully saturated rings. The molecule has 4 rings (SSSR count). The average Bonchev–Trinajstić information content (AvgIpc) is 3.23. The normalized spacial score (nSPS) is 11.1. The molecule has 0 saturated carbocycles. The molecule has 10 nitrogen and oxygen atoms in total. The van der Waals surface area contributed by atoms with Crippen molar-refractivity contribution in [3.63, 3.8) is 0 Å². The number of benzene rings is 2. The molecule has 0 atom stereocenters. The number of furan rings is 1. The number of para-hydroxylation sites is 2. The summed E-state index contributed by atoms with van der Waals surface area (Å²) in [5, 5.41) is 6.07. The lowest BCUT2D eigenvalue weighted by molar-refractivity contribution is -0.147. The van der Waals surface area contributed by atoms with E-state index in [4.69, 9.17) is 9.15 Å². The number of fused-ring (bicyclic) bond motifs is 3. The zero-order valence-electron chi connectivity index (χ0n) is 19.2. The lowest BCUT2D eigenvalue weighted by atomic mass is 10.1. The number of ether oxygens (including phenoxy) is 1. The van der Waals surface area contributed by atoms with Crippen LogP contribution >= 0.6 is 0 Å². The van der Waals surface area contributed by atoms with E-state index in [-0.39, 0.29) is 17.4 Å². The molecule has 4 aromatic rings. The first-order valence-electron chi connectivity index (χ1n) is 11.0. The molecule has 2 amide bonds. The first-order chi connectivity index (χ1) is 16.8. The van der Waals surface area contributed by atoms with Gasteiger partial charge in [-0.1, -0.05) is 38.1 Å². The lowest BCUT2D eigenvalue weighted by Gasteiger charge is -2.12. The molecule has 0 radical (unpaired) electrons. The highest BCUT2D eigenvalue weighted by molar-refractivity contribution is 6.04. The van der Waals surface area contributed by atoms with Gasteiger partial charge in [0, 0.05) is 11.9 Å². The number of nitrogens with zero attached hydrogens (tertiary/aromatic N) is 2. The summed E-state index contributed by atoms with van der Waals surface area (Å²) >= 11 is 0. The van der Waals surface area contributed by atoms with Crippen LogP contribution in [-0.2, 0) is 20.9 Å². The predicted molar refractivity (Wildman–Crippen MR) is 129 cm³/mol. The molecule has 35 heavy (non-hydrogen) atoms. The molecular formula is C25H24N4O6. The number of carbonyl (C=O) groups excluding carboxylic acids is 3. The second kappa shape index (κ2) is 10.2. The topological polar surface area (TPSA) is 133 Å². The van der Waals surface area contributed by atoms with Gasteiger partial charge in [0.1, 0.15) is 17.6 Å². The van der Waals surface area contributed by atoms with Gasteiger partial charge in [-0.15, -0.1) is 0 Å². The second-order valence-corrected chi connectivity index (χ2v) is 8.31. The van der Waals surface area contributed by atoms with Crippen LogP contribution in [0.5, 0.6) is 0 Å². The number of nitrogens with one attached hydrogen (secondary N) is 2.